The molecule has 0 atom stereocenters. The molecule has 13 heavy (non-hydrogen) atoms. The highest BCUT2D eigenvalue weighted by atomic mass is 15.3. The van der Waals surface area contributed by atoms with Crippen LogP contribution in [0, 0.1) is 5.92 Å². The summed E-state index contributed by atoms with van der Waals surface area (Å²) in [4.78, 5) is 4.95. The van der Waals surface area contributed by atoms with Crippen LogP contribution in [0.2, 0.25) is 0 Å². The van der Waals surface area contributed by atoms with Gasteiger partial charge >= 0.3 is 0 Å². The van der Waals surface area contributed by atoms with Gasteiger partial charge in [-0.2, -0.15) is 0 Å². The van der Waals surface area contributed by atoms with Gasteiger partial charge in [-0.25, -0.2) is 0 Å². The van der Waals surface area contributed by atoms with Crippen molar-refractivity contribution >= 4 is 0 Å². The number of hydrogen-bond acceptors (Lipinski definition) is 2. The molecule has 0 bridgehead atoms. The number of nitrogens with zero attached hydrogens (tertiary/aromatic N) is 4. The zero-order chi connectivity index (χ0) is 10.3. The van der Waals surface area contributed by atoms with Gasteiger partial charge in [-0.1, -0.05) is 19.0 Å². The predicted octanol–water partition coefficient (Wildman–Crippen LogP) is 3.01. The third-order valence-corrected chi connectivity index (χ3v) is 2.03. The van der Waals surface area contributed by atoms with E-state index in [0.717, 1.165) is 13.0 Å². The van der Waals surface area contributed by atoms with Crippen LogP contribution in [0.5, 0.6) is 0 Å². The predicted molar refractivity (Wildman–Crippen MR) is 55.3 cm³/mol. The highest BCUT2D eigenvalue weighted by Gasteiger charge is 2.08. The molecular weight excluding hydrogens is 164 g/mol. The molecule has 0 saturated carbocycles. The van der Waals surface area contributed by atoms with E-state index in [0.29, 0.717) is 18.6 Å². The van der Waals surface area contributed by atoms with Gasteiger partial charge in [0, 0.05) is 11.0 Å². The first-order valence-electron chi connectivity index (χ1n) is 4.82. The Bertz CT molecular complexity index is 170. The van der Waals surface area contributed by atoms with Crippen molar-refractivity contribution in [2.45, 2.75) is 40.2 Å². The molecule has 0 N–H and O–H groups in total. The van der Waals surface area contributed by atoms with Crippen molar-refractivity contribution in [2.24, 2.45) is 11.0 Å². The van der Waals surface area contributed by atoms with E-state index in [9.17, 15) is 0 Å². The van der Waals surface area contributed by atoms with E-state index in [4.69, 9.17) is 5.53 Å². The first-order valence-corrected chi connectivity index (χ1v) is 4.82. The van der Waals surface area contributed by atoms with Crippen molar-refractivity contribution < 1.29 is 0 Å². The maximum absolute atomic E-state index is 8.21. The van der Waals surface area contributed by atoms with Crippen LogP contribution >= 0.6 is 0 Å². The van der Waals surface area contributed by atoms with E-state index in [1.165, 1.54) is 0 Å². The summed E-state index contributed by atoms with van der Waals surface area (Å²) in [6.07, 6.45) is 1.15. The average Bonchev–Trinajstić information content (AvgIpc) is 2.03. The van der Waals surface area contributed by atoms with Crippen LogP contribution in [-0.4, -0.2) is 24.2 Å². The molecule has 0 aromatic rings. The Morgan fingerprint density at radius 3 is 2.31 bits per heavy atom. The molecule has 0 aromatic carbocycles. The Morgan fingerprint density at radius 1 is 1.31 bits per heavy atom. The summed E-state index contributed by atoms with van der Waals surface area (Å²) in [6.45, 7) is 10.1. The van der Waals surface area contributed by atoms with Crippen molar-refractivity contribution in [3.05, 3.63) is 10.4 Å². The summed E-state index contributed by atoms with van der Waals surface area (Å²) in [5, 5.41) is 3.58. The van der Waals surface area contributed by atoms with Gasteiger partial charge in [0.25, 0.3) is 0 Å². The molecular formula is C9H20N4. The van der Waals surface area contributed by atoms with Crippen molar-refractivity contribution in [1.82, 2.24) is 4.90 Å². The number of hydrogen-bond donors (Lipinski definition) is 0. The zero-order valence-corrected chi connectivity index (χ0v) is 9.06. The zero-order valence-electron chi connectivity index (χ0n) is 9.06. The lowest BCUT2D eigenvalue weighted by molar-refractivity contribution is 0.215. The molecule has 0 aromatic heterocycles. The monoisotopic (exact) mass is 184 g/mol. The lowest BCUT2D eigenvalue weighted by Gasteiger charge is -2.24. The molecule has 0 aliphatic heterocycles. The Labute approximate surface area is 80.6 Å². The van der Waals surface area contributed by atoms with Gasteiger partial charge in [0.2, 0.25) is 0 Å². The van der Waals surface area contributed by atoms with Crippen molar-refractivity contribution in [1.29, 1.82) is 0 Å². The normalized spacial score (nSPS) is 11.0. The van der Waals surface area contributed by atoms with Crippen molar-refractivity contribution in [3.63, 3.8) is 0 Å². The van der Waals surface area contributed by atoms with Gasteiger partial charge in [0.15, 0.2) is 0 Å². The Hall–Kier alpha value is -0.730. The molecule has 76 valence electrons. The molecule has 0 radical (unpaired) electrons. The standard InChI is InChI=1S/C9H20N4/c1-8(2)5-6-13(9(3)4)7-11-12-10/h8-9H,5-7H2,1-4H3. The molecule has 0 unspecified atom stereocenters. The molecule has 0 rings (SSSR count). The van der Waals surface area contributed by atoms with Crippen LogP contribution in [0.15, 0.2) is 5.11 Å². The van der Waals surface area contributed by atoms with Crippen LogP contribution < -0.4 is 0 Å². The second kappa shape index (κ2) is 6.75. The van der Waals surface area contributed by atoms with Gasteiger partial charge in [-0.05, 0) is 38.3 Å². The van der Waals surface area contributed by atoms with Crippen molar-refractivity contribution in [2.75, 3.05) is 13.2 Å². The fourth-order valence-corrected chi connectivity index (χ4v) is 1.03. The molecule has 0 spiro atoms. The fraction of sp³-hybridized carbons (Fsp3) is 1.00. The molecule has 0 saturated heterocycles. The first kappa shape index (κ1) is 12.3. The molecule has 0 aliphatic carbocycles. The summed E-state index contributed by atoms with van der Waals surface area (Å²) in [5.41, 5.74) is 8.21. The Kier molecular flexibility index (Phi) is 6.37. The largest absolute Gasteiger partial charge is 0.295 e. The van der Waals surface area contributed by atoms with Gasteiger partial charge < -0.3 is 0 Å². The number of rotatable bonds is 6. The van der Waals surface area contributed by atoms with E-state index in [1.54, 1.807) is 0 Å². The maximum atomic E-state index is 8.21. The van der Waals surface area contributed by atoms with Crippen LogP contribution in [0.25, 0.3) is 10.4 Å². The van der Waals surface area contributed by atoms with E-state index < -0.39 is 0 Å². The smallest absolute Gasteiger partial charge is 0.0776 e. The summed E-state index contributed by atoms with van der Waals surface area (Å²) in [7, 11) is 0. The van der Waals surface area contributed by atoms with Crippen LogP contribution in [-0.2, 0) is 0 Å². The SMILES string of the molecule is CC(C)CCN(CN=[N+]=[N-])C(C)C. The topological polar surface area (TPSA) is 52.0 Å². The molecule has 4 heteroatoms. The maximum Gasteiger partial charge on any atom is 0.0776 e. The van der Waals surface area contributed by atoms with Crippen LogP contribution in [0.4, 0.5) is 0 Å². The molecule has 0 amide bonds. The lowest BCUT2D eigenvalue weighted by atomic mass is 10.1. The second-order valence-corrected chi connectivity index (χ2v) is 3.96. The highest BCUT2D eigenvalue weighted by Crippen LogP contribution is 2.05. The quantitative estimate of drug-likeness (QED) is 0.355. The highest BCUT2D eigenvalue weighted by molar-refractivity contribution is 4.62. The van der Waals surface area contributed by atoms with Gasteiger partial charge in [-0.15, -0.1) is 0 Å². The molecule has 0 fully saturated rings. The average molecular weight is 184 g/mol. The third kappa shape index (κ3) is 6.43. The minimum Gasteiger partial charge on any atom is -0.295 e. The molecule has 0 aliphatic rings. The third-order valence-electron chi connectivity index (χ3n) is 2.03. The summed E-state index contributed by atoms with van der Waals surface area (Å²) < 4.78 is 0. The second-order valence-electron chi connectivity index (χ2n) is 3.96. The molecule has 4 nitrogen and oxygen atoms in total. The van der Waals surface area contributed by atoms with E-state index >= 15 is 0 Å². The van der Waals surface area contributed by atoms with E-state index in [-0.39, 0.29) is 0 Å². The van der Waals surface area contributed by atoms with Gasteiger partial charge in [0.1, 0.15) is 0 Å². The summed E-state index contributed by atoms with van der Waals surface area (Å²) in [5.74, 6) is 0.701. The lowest BCUT2D eigenvalue weighted by Crippen LogP contribution is -2.32. The Morgan fingerprint density at radius 2 is 1.92 bits per heavy atom. The summed E-state index contributed by atoms with van der Waals surface area (Å²) in [6, 6.07) is 0.448. The fourth-order valence-electron chi connectivity index (χ4n) is 1.03. The van der Waals surface area contributed by atoms with E-state index in [2.05, 4.69) is 42.6 Å². The minimum absolute atomic E-state index is 0.448. The summed E-state index contributed by atoms with van der Waals surface area (Å²) >= 11 is 0. The Balaban J connectivity index is 3.87. The van der Waals surface area contributed by atoms with Crippen LogP contribution in [0.1, 0.15) is 34.1 Å². The van der Waals surface area contributed by atoms with E-state index in [1.807, 2.05) is 0 Å². The van der Waals surface area contributed by atoms with Gasteiger partial charge in [0.05, 0.1) is 6.67 Å². The van der Waals surface area contributed by atoms with Crippen molar-refractivity contribution in [3.8, 4) is 0 Å². The number of azide groups is 1. The first-order chi connectivity index (χ1) is 6.07. The van der Waals surface area contributed by atoms with Crippen LogP contribution in [0.3, 0.4) is 0 Å². The molecule has 0 heterocycles. The minimum atomic E-state index is 0.448. The van der Waals surface area contributed by atoms with Gasteiger partial charge in [-0.3, -0.25) is 4.90 Å².